The van der Waals surface area contributed by atoms with Crippen molar-refractivity contribution in [2.24, 2.45) is 0 Å². The van der Waals surface area contributed by atoms with Crippen molar-refractivity contribution >= 4 is 17.7 Å². The Morgan fingerprint density at radius 3 is 2.84 bits per heavy atom. The highest BCUT2D eigenvalue weighted by Gasteiger charge is 2.26. The largest absolute Gasteiger partial charge is 0.340 e. The number of benzene rings is 1. The van der Waals surface area contributed by atoms with Crippen molar-refractivity contribution in [1.82, 2.24) is 19.9 Å². The number of hydrogen-bond acceptors (Lipinski definition) is 4. The van der Waals surface area contributed by atoms with Crippen molar-refractivity contribution in [2.45, 2.75) is 18.0 Å². The molecule has 5 nitrogen and oxygen atoms in total. The topological polar surface area (TPSA) is 61.9 Å². The second kappa shape index (κ2) is 6.72. The van der Waals surface area contributed by atoms with Gasteiger partial charge in [-0.2, -0.15) is 0 Å². The lowest BCUT2D eigenvalue weighted by molar-refractivity contribution is 0.0727. The number of aromatic amines is 1. The van der Waals surface area contributed by atoms with Crippen LogP contribution in [-0.4, -0.2) is 38.6 Å². The molecule has 2 aromatic heterocycles. The number of carbonyl (C=O) groups excluding carboxylic acids is 1. The maximum Gasteiger partial charge on any atom is 0.256 e. The Balaban J connectivity index is 1.59. The number of nitrogens with zero attached hydrogens (tertiary/aromatic N) is 3. The molecule has 6 heteroatoms. The molecule has 0 fully saturated rings. The highest BCUT2D eigenvalue weighted by molar-refractivity contribution is 7.98. The number of rotatable bonds is 3. The Bertz CT molecular complexity index is 907. The highest BCUT2D eigenvalue weighted by Crippen LogP contribution is 2.25. The monoisotopic (exact) mass is 350 g/mol. The number of amides is 1. The fourth-order valence-corrected chi connectivity index (χ4v) is 3.63. The zero-order valence-corrected chi connectivity index (χ0v) is 14.7. The molecule has 3 heterocycles. The van der Waals surface area contributed by atoms with E-state index in [1.807, 2.05) is 53.6 Å². The third-order valence-corrected chi connectivity index (χ3v) is 5.07. The summed E-state index contributed by atoms with van der Waals surface area (Å²) in [6.07, 6.45) is 4.42. The third kappa shape index (κ3) is 3.05. The average molecular weight is 350 g/mol. The molecule has 126 valence electrons. The van der Waals surface area contributed by atoms with Gasteiger partial charge in [-0.1, -0.05) is 30.3 Å². The van der Waals surface area contributed by atoms with Gasteiger partial charge >= 0.3 is 0 Å². The summed E-state index contributed by atoms with van der Waals surface area (Å²) in [5, 5.41) is 0.771. The van der Waals surface area contributed by atoms with Crippen LogP contribution < -0.4 is 0 Å². The predicted octanol–water partition coefficient (Wildman–Crippen LogP) is 3.39. The van der Waals surface area contributed by atoms with Crippen LogP contribution in [0.15, 0.2) is 53.7 Å². The number of imidazole rings is 1. The Morgan fingerprint density at radius 2 is 2.04 bits per heavy atom. The Labute approximate surface area is 150 Å². The van der Waals surface area contributed by atoms with E-state index in [0.29, 0.717) is 18.7 Å². The van der Waals surface area contributed by atoms with Crippen LogP contribution >= 0.6 is 11.8 Å². The first kappa shape index (κ1) is 15.9. The minimum atomic E-state index is 0.0268. The van der Waals surface area contributed by atoms with Crippen molar-refractivity contribution in [3.05, 3.63) is 65.6 Å². The fraction of sp³-hybridized carbons (Fsp3) is 0.211. The lowest BCUT2D eigenvalue weighted by Gasteiger charge is -2.26. The molecule has 0 saturated carbocycles. The van der Waals surface area contributed by atoms with Gasteiger partial charge in [-0.15, -0.1) is 11.8 Å². The number of hydrogen-bond donors (Lipinski definition) is 1. The quantitative estimate of drug-likeness (QED) is 0.736. The van der Waals surface area contributed by atoms with Crippen molar-refractivity contribution in [3.63, 3.8) is 0 Å². The van der Waals surface area contributed by atoms with E-state index in [-0.39, 0.29) is 5.91 Å². The number of nitrogens with one attached hydrogen (secondary N) is 1. The van der Waals surface area contributed by atoms with Gasteiger partial charge in [0.2, 0.25) is 0 Å². The number of pyridine rings is 1. The van der Waals surface area contributed by atoms with E-state index >= 15 is 0 Å². The van der Waals surface area contributed by atoms with Gasteiger partial charge < -0.3 is 9.88 Å². The van der Waals surface area contributed by atoms with E-state index in [9.17, 15) is 4.79 Å². The van der Waals surface area contributed by atoms with Gasteiger partial charge in [0.25, 0.3) is 5.91 Å². The molecular weight excluding hydrogens is 332 g/mol. The van der Waals surface area contributed by atoms with Crippen LogP contribution in [0.4, 0.5) is 0 Å². The molecule has 1 aromatic carbocycles. The van der Waals surface area contributed by atoms with Crippen LogP contribution in [0.2, 0.25) is 0 Å². The van der Waals surface area contributed by atoms with Crippen LogP contribution in [0.5, 0.6) is 0 Å². The molecule has 0 bridgehead atoms. The summed E-state index contributed by atoms with van der Waals surface area (Å²) in [6.45, 7) is 1.23. The van der Waals surface area contributed by atoms with Gasteiger partial charge in [-0.05, 0) is 18.4 Å². The van der Waals surface area contributed by atoms with Gasteiger partial charge in [0, 0.05) is 24.7 Å². The van der Waals surface area contributed by atoms with E-state index in [1.54, 1.807) is 6.20 Å². The molecule has 0 saturated heterocycles. The summed E-state index contributed by atoms with van der Waals surface area (Å²) >= 11 is 1.50. The third-order valence-electron chi connectivity index (χ3n) is 4.36. The Hall–Kier alpha value is -2.60. The molecule has 1 amide bonds. The zero-order valence-electron chi connectivity index (χ0n) is 13.9. The normalized spacial score (nSPS) is 13.6. The maximum absolute atomic E-state index is 12.9. The van der Waals surface area contributed by atoms with Gasteiger partial charge in [-0.3, -0.25) is 4.79 Å². The second-order valence-corrected chi connectivity index (χ2v) is 6.71. The number of carbonyl (C=O) groups is 1. The second-order valence-electron chi connectivity index (χ2n) is 5.91. The Kier molecular flexibility index (Phi) is 4.28. The van der Waals surface area contributed by atoms with E-state index in [2.05, 4.69) is 9.97 Å². The van der Waals surface area contributed by atoms with Crippen LogP contribution in [0.1, 0.15) is 21.7 Å². The summed E-state index contributed by atoms with van der Waals surface area (Å²) < 4.78 is 0. The molecule has 1 aliphatic heterocycles. The lowest BCUT2D eigenvalue weighted by Crippen LogP contribution is -2.36. The van der Waals surface area contributed by atoms with Crippen molar-refractivity contribution in [2.75, 3.05) is 12.8 Å². The summed E-state index contributed by atoms with van der Waals surface area (Å²) in [6, 6.07) is 13.7. The smallest absolute Gasteiger partial charge is 0.256 e. The molecule has 25 heavy (non-hydrogen) atoms. The summed E-state index contributed by atoms with van der Waals surface area (Å²) in [7, 11) is 0. The predicted molar refractivity (Wildman–Crippen MR) is 98.5 cm³/mol. The van der Waals surface area contributed by atoms with Crippen LogP contribution in [0.3, 0.4) is 0 Å². The molecule has 1 aliphatic rings. The summed E-state index contributed by atoms with van der Waals surface area (Å²) in [4.78, 5) is 27.2. The first-order valence-electron chi connectivity index (χ1n) is 8.17. The van der Waals surface area contributed by atoms with E-state index in [1.165, 1.54) is 11.8 Å². The first-order valence-corrected chi connectivity index (χ1v) is 9.40. The van der Waals surface area contributed by atoms with Gasteiger partial charge in [0.15, 0.2) is 0 Å². The number of aromatic nitrogens is 3. The van der Waals surface area contributed by atoms with Crippen LogP contribution in [0, 0.1) is 0 Å². The summed E-state index contributed by atoms with van der Waals surface area (Å²) in [5.41, 5.74) is 3.81. The first-order chi connectivity index (χ1) is 12.3. The standard InChI is InChI=1S/C19H18N4OS/c1-25-18-14(8-5-10-20-18)19(24)23-11-9-15-16(12-23)22-17(21-15)13-6-3-2-4-7-13/h2-8,10H,9,11-12H2,1H3,(H,21,22). The minimum Gasteiger partial charge on any atom is -0.340 e. The number of thioether (sulfide) groups is 1. The maximum atomic E-state index is 12.9. The molecule has 0 radical (unpaired) electrons. The number of fused-ring (bicyclic) bond motifs is 1. The molecular formula is C19H18N4OS. The molecule has 0 aliphatic carbocycles. The van der Waals surface area contributed by atoms with Gasteiger partial charge in [0.1, 0.15) is 10.9 Å². The van der Waals surface area contributed by atoms with Crippen molar-refractivity contribution < 1.29 is 4.79 Å². The van der Waals surface area contributed by atoms with E-state index < -0.39 is 0 Å². The lowest BCUT2D eigenvalue weighted by atomic mass is 10.1. The summed E-state index contributed by atoms with van der Waals surface area (Å²) in [5.74, 6) is 0.894. The molecule has 3 aromatic rings. The van der Waals surface area contributed by atoms with Crippen LogP contribution in [-0.2, 0) is 13.0 Å². The molecule has 0 spiro atoms. The minimum absolute atomic E-state index is 0.0268. The van der Waals surface area contributed by atoms with E-state index in [0.717, 1.165) is 34.2 Å². The molecule has 0 unspecified atom stereocenters. The number of H-pyrrole nitrogens is 1. The zero-order chi connectivity index (χ0) is 17.2. The van der Waals surface area contributed by atoms with Gasteiger partial charge in [0.05, 0.1) is 23.5 Å². The molecule has 0 atom stereocenters. The highest BCUT2D eigenvalue weighted by atomic mass is 32.2. The van der Waals surface area contributed by atoms with Crippen LogP contribution in [0.25, 0.3) is 11.4 Å². The Morgan fingerprint density at radius 1 is 1.20 bits per heavy atom. The van der Waals surface area contributed by atoms with Crippen molar-refractivity contribution in [1.29, 1.82) is 0 Å². The van der Waals surface area contributed by atoms with E-state index in [4.69, 9.17) is 4.98 Å². The molecule has 4 rings (SSSR count). The molecule has 1 N–H and O–H groups in total. The van der Waals surface area contributed by atoms with Crippen molar-refractivity contribution in [3.8, 4) is 11.4 Å². The SMILES string of the molecule is CSc1ncccc1C(=O)N1CCc2nc(-c3ccccc3)[nH]c2C1. The average Bonchev–Trinajstić information content (AvgIpc) is 3.11. The fourth-order valence-electron chi connectivity index (χ4n) is 3.09. The van der Waals surface area contributed by atoms with Gasteiger partial charge in [-0.25, -0.2) is 9.97 Å².